The molecule has 0 aliphatic heterocycles. The summed E-state index contributed by atoms with van der Waals surface area (Å²) in [6.45, 7) is 7.01. The zero-order chi connectivity index (χ0) is 14.4. The van der Waals surface area contributed by atoms with Crippen molar-refractivity contribution in [3.05, 3.63) is 11.4 Å². The van der Waals surface area contributed by atoms with Crippen molar-refractivity contribution in [1.29, 1.82) is 0 Å². The van der Waals surface area contributed by atoms with E-state index in [0.29, 0.717) is 6.54 Å². The van der Waals surface area contributed by atoms with Gasteiger partial charge in [0.25, 0.3) is 0 Å². The van der Waals surface area contributed by atoms with Crippen LogP contribution in [0.2, 0.25) is 0 Å². The number of carbonyl (C=O) groups is 1. The van der Waals surface area contributed by atoms with Gasteiger partial charge in [-0.1, -0.05) is 6.92 Å². The van der Waals surface area contributed by atoms with E-state index in [-0.39, 0.29) is 5.91 Å². The van der Waals surface area contributed by atoms with E-state index in [0.717, 1.165) is 36.0 Å². The lowest BCUT2D eigenvalue weighted by molar-refractivity contribution is -0.119. The summed E-state index contributed by atoms with van der Waals surface area (Å²) in [6, 6.07) is 0. The largest absolute Gasteiger partial charge is 0.373 e. The Kier molecular flexibility index (Phi) is 5.54. The van der Waals surface area contributed by atoms with Crippen molar-refractivity contribution in [2.75, 3.05) is 37.4 Å². The summed E-state index contributed by atoms with van der Waals surface area (Å²) < 4.78 is 0. The molecule has 0 saturated carbocycles. The van der Waals surface area contributed by atoms with Crippen LogP contribution in [-0.2, 0) is 11.2 Å². The van der Waals surface area contributed by atoms with Crippen molar-refractivity contribution in [2.24, 2.45) is 0 Å². The van der Waals surface area contributed by atoms with E-state index in [1.54, 1.807) is 7.05 Å². The molecule has 1 aromatic heterocycles. The first-order valence-electron chi connectivity index (χ1n) is 6.58. The lowest BCUT2D eigenvalue weighted by atomic mass is 10.2. The van der Waals surface area contributed by atoms with Crippen LogP contribution in [0.4, 0.5) is 11.6 Å². The average Bonchev–Trinajstić information content (AvgIpc) is 2.44. The van der Waals surface area contributed by atoms with Crippen molar-refractivity contribution in [3.8, 4) is 0 Å². The quantitative estimate of drug-likeness (QED) is 0.802. The third-order valence-corrected chi connectivity index (χ3v) is 3.01. The summed E-state index contributed by atoms with van der Waals surface area (Å²) >= 11 is 0. The van der Waals surface area contributed by atoms with Crippen LogP contribution >= 0.6 is 0 Å². The molecule has 0 aromatic carbocycles. The fourth-order valence-electron chi connectivity index (χ4n) is 1.85. The Morgan fingerprint density at radius 1 is 1.26 bits per heavy atom. The van der Waals surface area contributed by atoms with Gasteiger partial charge in [0.05, 0.1) is 6.54 Å². The molecule has 2 N–H and O–H groups in total. The predicted molar refractivity (Wildman–Crippen MR) is 77.6 cm³/mol. The van der Waals surface area contributed by atoms with Gasteiger partial charge in [0, 0.05) is 32.6 Å². The molecule has 1 aromatic rings. The van der Waals surface area contributed by atoms with E-state index >= 15 is 0 Å². The number of aromatic nitrogens is 2. The first-order chi connectivity index (χ1) is 9.07. The van der Waals surface area contributed by atoms with Crippen molar-refractivity contribution in [3.63, 3.8) is 0 Å². The first-order valence-corrected chi connectivity index (χ1v) is 6.58. The van der Waals surface area contributed by atoms with E-state index in [1.807, 2.05) is 32.7 Å². The smallest absolute Gasteiger partial charge is 0.239 e. The Hall–Kier alpha value is -1.85. The second-order valence-electron chi connectivity index (χ2n) is 4.23. The molecule has 0 unspecified atom stereocenters. The number of anilines is 2. The number of likely N-dealkylation sites (N-methyl/N-ethyl adjacent to an activating group) is 2. The molecule has 19 heavy (non-hydrogen) atoms. The minimum Gasteiger partial charge on any atom is -0.373 e. The molecule has 1 rings (SSSR count). The number of rotatable bonds is 6. The highest BCUT2D eigenvalue weighted by Crippen LogP contribution is 2.23. The SMILES string of the molecule is CCc1nc(NC)c(C)c(N(CC)CC(=O)NC)n1. The molecule has 0 saturated heterocycles. The number of hydrogen-bond acceptors (Lipinski definition) is 5. The Labute approximate surface area is 114 Å². The zero-order valence-corrected chi connectivity index (χ0v) is 12.4. The number of aryl methyl sites for hydroxylation is 1. The number of nitrogens with zero attached hydrogens (tertiary/aromatic N) is 3. The number of amides is 1. The van der Waals surface area contributed by atoms with Gasteiger partial charge in [0.1, 0.15) is 17.5 Å². The first kappa shape index (κ1) is 15.2. The molecule has 0 bridgehead atoms. The molecule has 1 amide bonds. The van der Waals surface area contributed by atoms with Crippen LogP contribution in [0.15, 0.2) is 0 Å². The van der Waals surface area contributed by atoms with E-state index in [9.17, 15) is 4.79 Å². The van der Waals surface area contributed by atoms with Crippen molar-refractivity contribution in [2.45, 2.75) is 27.2 Å². The Bertz CT molecular complexity index is 447. The van der Waals surface area contributed by atoms with Gasteiger partial charge in [0.2, 0.25) is 5.91 Å². The fourth-order valence-corrected chi connectivity index (χ4v) is 1.85. The Balaban J connectivity index is 3.17. The normalized spacial score (nSPS) is 10.2. The fraction of sp³-hybridized carbons (Fsp3) is 0.615. The predicted octanol–water partition coefficient (Wildman–Crippen LogP) is 0.961. The maximum Gasteiger partial charge on any atom is 0.239 e. The highest BCUT2D eigenvalue weighted by molar-refractivity contribution is 5.81. The molecule has 6 heteroatoms. The molecule has 0 spiro atoms. The van der Waals surface area contributed by atoms with Crippen molar-refractivity contribution in [1.82, 2.24) is 15.3 Å². The third-order valence-electron chi connectivity index (χ3n) is 3.01. The van der Waals surface area contributed by atoms with Crippen LogP contribution in [0, 0.1) is 6.92 Å². The van der Waals surface area contributed by atoms with Crippen LogP contribution in [0.25, 0.3) is 0 Å². The molecule has 0 radical (unpaired) electrons. The van der Waals surface area contributed by atoms with E-state index in [4.69, 9.17) is 0 Å². The highest BCUT2D eigenvalue weighted by Gasteiger charge is 2.16. The van der Waals surface area contributed by atoms with Gasteiger partial charge in [-0.3, -0.25) is 4.79 Å². The van der Waals surface area contributed by atoms with Crippen molar-refractivity contribution < 1.29 is 4.79 Å². The van der Waals surface area contributed by atoms with E-state index < -0.39 is 0 Å². The van der Waals surface area contributed by atoms with Gasteiger partial charge >= 0.3 is 0 Å². The second-order valence-corrected chi connectivity index (χ2v) is 4.23. The van der Waals surface area contributed by atoms with Crippen LogP contribution in [0.3, 0.4) is 0 Å². The summed E-state index contributed by atoms with van der Waals surface area (Å²) in [7, 11) is 3.48. The molecule has 106 valence electrons. The molecular weight excluding hydrogens is 242 g/mol. The van der Waals surface area contributed by atoms with Gasteiger partial charge in [-0.2, -0.15) is 0 Å². The van der Waals surface area contributed by atoms with Crippen LogP contribution < -0.4 is 15.5 Å². The maximum absolute atomic E-state index is 11.6. The second kappa shape index (κ2) is 6.92. The summed E-state index contributed by atoms with van der Waals surface area (Å²) in [4.78, 5) is 22.5. The standard InChI is InChI=1S/C13H23N5O/c1-6-10-16-12(15-5)9(3)13(17-10)18(7-2)8-11(19)14-4/h6-8H2,1-5H3,(H,14,19)(H,15,16,17). The van der Waals surface area contributed by atoms with Crippen LogP contribution in [0.5, 0.6) is 0 Å². The Morgan fingerprint density at radius 2 is 1.95 bits per heavy atom. The topological polar surface area (TPSA) is 70.2 Å². The number of nitrogens with one attached hydrogen (secondary N) is 2. The summed E-state index contributed by atoms with van der Waals surface area (Å²) in [5, 5.41) is 5.71. The minimum atomic E-state index is -0.0241. The molecule has 0 aliphatic rings. The van der Waals surface area contributed by atoms with Crippen LogP contribution in [-0.4, -0.2) is 43.1 Å². The van der Waals surface area contributed by atoms with E-state index in [1.165, 1.54) is 0 Å². The van der Waals surface area contributed by atoms with Gasteiger partial charge < -0.3 is 15.5 Å². The lowest BCUT2D eigenvalue weighted by Crippen LogP contribution is -2.36. The van der Waals surface area contributed by atoms with E-state index in [2.05, 4.69) is 20.6 Å². The van der Waals surface area contributed by atoms with Gasteiger partial charge in [-0.25, -0.2) is 9.97 Å². The number of hydrogen-bond donors (Lipinski definition) is 2. The third kappa shape index (κ3) is 3.56. The van der Waals surface area contributed by atoms with Crippen LogP contribution in [0.1, 0.15) is 25.2 Å². The lowest BCUT2D eigenvalue weighted by Gasteiger charge is -2.24. The maximum atomic E-state index is 11.6. The molecule has 0 atom stereocenters. The number of carbonyl (C=O) groups excluding carboxylic acids is 1. The molecule has 6 nitrogen and oxygen atoms in total. The summed E-state index contributed by atoms with van der Waals surface area (Å²) in [6.07, 6.45) is 0.763. The molecule has 0 fully saturated rings. The molecular formula is C13H23N5O. The van der Waals surface area contributed by atoms with Crippen molar-refractivity contribution >= 4 is 17.5 Å². The molecule has 1 heterocycles. The average molecular weight is 265 g/mol. The summed E-state index contributed by atoms with van der Waals surface area (Å²) in [5.74, 6) is 2.39. The summed E-state index contributed by atoms with van der Waals surface area (Å²) in [5.41, 5.74) is 0.963. The zero-order valence-electron chi connectivity index (χ0n) is 12.4. The van der Waals surface area contributed by atoms with Gasteiger partial charge in [0.15, 0.2) is 0 Å². The highest BCUT2D eigenvalue weighted by atomic mass is 16.1. The van der Waals surface area contributed by atoms with Gasteiger partial charge in [-0.05, 0) is 13.8 Å². The molecule has 0 aliphatic carbocycles. The van der Waals surface area contributed by atoms with Gasteiger partial charge in [-0.15, -0.1) is 0 Å². The minimum absolute atomic E-state index is 0.0241. The Morgan fingerprint density at radius 3 is 2.42 bits per heavy atom. The monoisotopic (exact) mass is 265 g/mol.